The van der Waals surface area contributed by atoms with Crippen molar-refractivity contribution in [2.24, 2.45) is 0 Å². The van der Waals surface area contributed by atoms with E-state index in [1.54, 1.807) is 42.3 Å². The van der Waals surface area contributed by atoms with E-state index < -0.39 is 10.0 Å². The third kappa shape index (κ3) is 3.17. The summed E-state index contributed by atoms with van der Waals surface area (Å²) < 4.78 is 27.4. The van der Waals surface area contributed by atoms with Crippen LogP contribution in [0.5, 0.6) is 0 Å². The smallest absolute Gasteiger partial charge is 0.263 e. The van der Waals surface area contributed by atoms with Crippen LogP contribution in [0.25, 0.3) is 0 Å². The molecule has 0 bridgehead atoms. The van der Waals surface area contributed by atoms with Gasteiger partial charge in [-0.2, -0.15) is 0 Å². The highest BCUT2D eigenvalue weighted by Crippen LogP contribution is 2.29. The van der Waals surface area contributed by atoms with E-state index in [1.807, 2.05) is 12.3 Å². The zero-order valence-electron chi connectivity index (χ0n) is 11.1. The maximum Gasteiger partial charge on any atom is 0.263 e. The van der Waals surface area contributed by atoms with Crippen LogP contribution in [0.3, 0.4) is 0 Å². The number of thioether (sulfide) groups is 1. The molecule has 0 atom stereocenters. The summed E-state index contributed by atoms with van der Waals surface area (Å²) in [4.78, 5) is 1.62. The Balaban J connectivity index is 2.38. The molecule has 2 aromatic rings. The Hall–Kier alpha value is -1.02. The van der Waals surface area contributed by atoms with Crippen LogP contribution in [0.15, 0.2) is 39.4 Å². The molecule has 0 aliphatic heterocycles. The van der Waals surface area contributed by atoms with E-state index in [2.05, 4.69) is 4.72 Å². The fourth-order valence-electron chi connectivity index (χ4n) is 1.85. The van der Waals surface area contributed by atoms with Gasteiger partial charge in [-0.05, 0) is 42.3 Å². The molecule has 0 radical (unpaired) electrons. The molecule has 0 aliphatic carbocycles. The number of anilines is 1. The second-order valence-corrected chi connectivity index (χ2v) is 7.63. The predicted molar refractivity (Wildman–Crippen MR) is 84.0 cm³/mol. The average Bonchev–Trinajstić information content (AvgIpc) is 2.80. The normalized spacial score (nSPS) is 11.6. The fraction of sp³-hybridized carbons (Fsp3) is 0.231. The lowest BCUT2D eigenvalue weighted by Crippen LogP contribution is -2.14. The zero-order valence-corrected chi connectivity index (χ0v) is 13.5. The minimum Gasteiger partial charge on any atom is -0.391 e. The van der Waals surface area contributed by atoms with Crippen molar-refractivity contribution in [3.05, 3.63) is 40.1 Å². The van der Waals surface area contributed by atoms with Crippen molar-refractivity contribution in [2.75, 3.05) is 11.0 Å². The van der Waals surface area contributed by atoms with Crippen LogP contribution >= 0.6 is 23.1 Å². The number of aliphatic hydroxyl groups excluding tert-OH is 1. The summed E-state index contributed by atoms with van der Waals surface area (Å²) >= 11 is 2.79. The molecule has 7 heteroatoms. The van der Waals surface area contributed by atoms with Crippen molar-refractivity contribution < 1.29 is 13.5 Å². The van der Waals surface area contributed by atoms with Gasteiger partial charge in [0.15, 0.2) is 0 Å². The molecule has 0 saturated carbocycles. The molecule has 0 spiro atoms. The lowest BCUT2D eigenvalue weighted by atomic mass is 10.3. The Morgan fingerprint density at radius 1 is 1.40 bits per heavy atom. The molecule has 4 nitrogen and oxygen atoms in total. The van der Waals surface area contributed by atoms with E-state index in [0.717, 1.165) is 4.90 Å². The van der Waals surface area contributed by atoms with E-state index >= 15 is 0 Å². The molecule has 2 rings (SSSR count). The molecule has 1 aromatic carbocycles. The zero-order chi connectivity index (χ0) is 14.8. The van der Waals surface area contributed by atoms with Crippen molar-refractivity contribution in [2.45, 2.75) is 23.3 Å². The molecule has 108 valence electrons. The topological polar surface area (TPSA) is 66.4 Å². The van der Waals surface area contributed by atoms with Gasteiger partial charge in [-0.1, -0.05) is 6.07 Å². The molecule has 0 amide bonds. The summed E-state index contributed by atoms with van der Waals surface area (Å²) in [6.45, 7) is 1.45. The van der Waals surface area contributed by atoms with Crippen molar-refractivity contribution in [3.8, 4) is 0 Å². The van der Waals surface area contributed by atoms with Gasteiger partial charge in [-0.25, -0.2) is 8.42 Å². The van der Waals surface area contributed by atoms with Gasteiger partial charge in [-0.3, -0.25) is 4.72 Å². The monoisotopic (exact) mass is 329 g/mol. The first-order chi connectivity index (χ1) is 9.47. The highest BCUT2D eigenvalue weighted by atomic mass is 32.2. The number of aliphatic hydroxyl groups is 1. The second kappa shape index (κ2) is 6.17. The molecule has 2 N–H and O–H groups in total. The second-order valence-electron chi connectivity index (χ2n) is 4.17. The number of hydrogen-bond donors (Lipinski definition) is 2. The van der Waals surface area contributed by atoms with Crippen LogP contribution < -0.4 is 4.72 Å². The van der Waals surface area contributed by atoms with E-state index in [9.17, 15) is 13.5 Å². The number of benzene rings is 1. The van der Waals surface area contributed by atoms with E-state index in [0.29, 0.717) is 16.1 Å². The summed E-state index contributed by atoms with van der Waals surface area (Å²) in [6, 6.07) is 7.20. The Kier molecular flexibility index (Phi) is 4.74. The van der Waals surface area contributed by atoms with Crippen molar-refractivity contribution in [1.82, 2.24) is 0 Å². The van der Waals surface area contributed by atoms with Gasteiger partial charge in [0.1, 0.15) is 4.90 Å². The van der Waals surface area contributed by atoms with Crippen molar-refractivity contribution >= 4 is 38.8 Å². The van der Waals surface area contributed by atoms with Crippen LogP contribution in [-0.4, -0.2) is 19.8 Å². The first-order valence-corrected chi connectivity index (χ1v) is 9.41. The van der Waals surface area contributed by atoms with Crippen LogP contribution in [0, 0.1) is 6.92 Å². The van der Waals surface area contributed by atoms with E-state index in [1.165, 1.54) is 11.3 Å². The maximum absolute atomic E-state index is 12.4. The lowest BCUT2D eigenvalue weighted by Gasteiger charge is -2.10. The molecule has 0 fully saturated rings. The minimum atomic E-state index is -3.68. The quantitative estimate of drug-likeness (QED) is 0.827. The summed E-state index contributed by atoms with van der Waals surface area (Å²) in [5.74, 6) is 0. The van der Waals surface area contributed by atoms with Gasteiger partial charge in [-0.15, -0.1) is 23.1 Å². The number of aryl methyl sites for hydroxylation is 1. The summed E-state index contributed by atoms with van der Waals surface area (Å²) in [5, 5.41) is 11.0. The molecule has 1 heterocycles. The molecular formula is C13H15NO3S3. The largest absolute Gasteiger partial charge is 0.391 e. The van der Waals surface area contributed by atoms with Gasteiger partial charge in [0.25, 0.3) is 10.0 Å². The highest BCUT2D eigenvalue weighted by Gasteiger charge is 2.22. The third-order valence-corrected chi connectivity index (χ3v) is 6.28. The molecule has 0 unspecified atom stereocenters. The minimum absolute atomic E-state index is 0.180. The van der Waals surface area contributed by atoms with E-state index in [4.69, 9.17) is 0 Å². The number of hydrogen-bond acceptors (Lipinski definition) is 5. The molecule has 1 aromatic heterocycles. The highest BCUT2D eigenvalue weighted by molar-refractivity contribution is 7.98. The SMILES string of the molecule is CSc1cccc(NS(=O)(=O)c2c(C)csc2CO)c1. The predicted octanol–water partition coefficient (Wildman–Crippen LogP) is 3.07. The molecular weight excluding hydrogens is 314 g/mol. The fourth-order valence-corrected chi connectivity index (χ4v) is 5.02. The standard InChI is InChI=1S/C13H15NO3S3/c1-9-8-19-12(7-15)13(9)20(16,17)14-10-4-3-5-11(6-10)18-2/h3-6,8,14-15H,7H2,1-2H3. The Bertz CT molecular complexity index is 707. The Morgan fingerprint density at radius 2 is 2.15 bits per heavy atom. The van der Waals surface area contributed by atoms with Crippen LogP contribution in [0.1, 0.15) is 10.4 Å². The summed E-state index contributed by atoms with van der Waals surface area (Å²) in [6.07, 6.45) is 1.93. The van der Waals surface area contributed by atoms with Gasteiger partial charge >= 0.3 is 0 Å². The van der Waals surface area contributed by atoms with Gasteiger partial charge in [0.05, 0.1) is 11.5 Å². The number of rotatable bonds is 5. The van der Waals surface area contributed by atoms with Crippen molar-refractivity contribution in [1.29, 1.82) is 0 Å². The Morgan fingerprint density at radius 3 is 2.80 bits per heavy atom. The first kappa shape index (κ1) is 15.4. The third-order valence-electron chi connectivity index (χ3n) is 2.72. The first-order valence-electron chi connectivity index (χ1n) is 5.82. The number of sulfonamides is 1. The summed E-state index contributed by atoms with van der Waals surface area (Å²) in [7, 11) is -3.68. The van der Waals surface area contributed by atoms with Gasteiger partial charge < -0.3 is 5.11 Å². The number of nitrogens with one attached hydrogen (secondary N) is 1. The molecule has 20 heavy (non-hydrogen) atoms. The number of thiophene rings is 1. The van der Waals surface area contributed by atoms with Crippen LogP contribution in [0.2, 0.25) is 0 Å². The average molecular weight is 329 g/mol. The molecule has 0 aliphatic rings. The van der Waals surface area contributed by atoms with Crippen LogP contribution in [-0.2, 0) is 16.6 Å². The Labute approximate surface area is 126 Å². The van der Waals surface area contributed by atoms with Crippen molar-refractivity contribution in [3.63, 3.8) is 0 Å². The van der Waals surface area contributed by atoms with Gasteiger partial charge in [0.2, 0.25) is 0 Å². The maximum atomic E-state index is 12.4. The van der Waals surface area contributed by atoms with Crippen LogP contribution in [0.4, 0.5) is 5.69 Å². The summed E-state index contributed by atoms with van der Waals surface area (Å²) in [5.41, 5.74) is 1.17. The molecule has 0 saturated heterocycles. The van der Waals surface area contributed by atoms with Gasteiger partial charge in [0, 0.05) is 10.6 Å². The van der Waals surface area contributed by atoms with E-state index in [-0.39, 0.29) is 11.5 Å². The lowest BCUT2D eigenvalue weighted by molar-refractivity contribution is 0.282.